The first-order chi connectivity index (χ1) is 63.9. The smallest absolute Gasteiger partial charge is 1.00 e. The third-order valence-corrected chi connectivity index (χ3v) is 48.2. The summed E-state index contributed by atoms with van der Waals surface area (Å²) in [6, 6.07) is 188. The first-order valence-electron chi connectivity index (χ1n) is 42.3. The second-order valence-electron chi connectivity index (χ2n) is 28.9. The maximum atomic E-state index is 9.75. The minimum Gasteiger partial charge on any atom is -1.45 e. The third kappa shape index (κ3) is 45.7. The van der Waals surface area contributed by atoms with Crippen LogP contribution in [0.2, 0.25) is 0 Å². The van der Waals surface area contributed by atoms with E-state index in [1.165, 1.54) is 108 Å². The molecule has 17 rings (SSSR count). The van der Waals surface area contributed by atoms with E-state index < -0.39 is 77.9 Å². The molecular weight excluding hydrogens is 2150 g/mol. The van der Waals surface area contributed by atoms with Crippen molar-refractivity contribution in [3.05, 3.63) is 516 Å². The molecule has 0 aromatic heterocycles. The Morgan fingerprint density at radius 2 is 0.207 bits per heavy atom. The van der Waals surface area contributed by atoms with Crippen LogP contribution < -0.4 is 90.2 Å². The number of rotatable bonds is 24. The molecule has 0 unspecified atom stereocenters. The van der Waals surface area contributed by atoms with Crippen molar-refractivity contribution in [2.24, 2.45) is 0 Å². The molecule has 708 valence electrons. The zero-order valence-corrected chi connectivity index (χ0v) is 88.8. The van der Waals surface area contributed by atoms with Crippen molar-refractivity contribution in [2.75, 3.05) is 34.3 Å². The molecule has 135 heavy (non-hydrogen) atoms. The van der Waals surface area contributed by atoms with Gasteiger partial charge in [-0.25, -0.2) is 0 Å². The van der Waals surface area contributed by atoms with E-state index >= 15 is 0 Å². The van der Waals surface area contributed by atoms with Crippen molar-refractivity contribution in [3.63, 3.8) is 0 Å². The zero-order chi connectivity index (χ0) is 92.8. The molecule has 0 radical (unpaired) electrons. The summed E-state index contributed by atoms with van der Waals surface area (Å²) in [6.45, 7) is 0. The van der Waals surface area contributed by atoms with Gasteiger partial charge in [0.05, 0.1) is 10.7 Å². The fraction of sp³-hybridized carbons (Fsp3) is 0.0556. The summed E-state index contributed by atoms with van der Waals surface area (Å²) in [5.41, 5.74) is 0. The third-order valence-electron chi connectivity index (χ3n) is 20.1. The Hall–Kier alpha value is -6.58. The van der Waals surface area contributed by atoms with E-state index in [0.717, 1.165) is 5.30 Å². The summed E-state index contributed by atoms with van der Waals surface area (Å²) < 4.78 is 78.0. The molecule has 0 aliphatic heterocycles. The van der Waals surface area contributed by atoms with Gasteiger partial charge in [0.2, 0.25) is 0 Å². The van der Waals surface area contributed by atoms with Crippen LogP contribution in [0.15, 0.2) is 516 Å². The van der Waals surface area contributed by atoms with Crippen LogP contribution in [0.25, 0.3) is 0 Å². The van der Waals surface area contributed by atoms with E-state index in [9.17, 15) is 34.5 Å². The maximum Gasteiger partial charge on any atom is 1.00 e. The van der Waals surface area contributed by atoms with E-state index in [1.54, 1.807) is 0 Å². The van der Waals surface area contributed by atoms with Gasteiger partial charge in [0, 0.05) is 0 Å². The van der Waals surface area contributed by atoms with Crippen LogP contribution >= 0.6 is 119 Å². The largest absolute Gasteiger partial charge is 1.45 e. The second-order valence-corrected chi connectivity index (χ2v) is 53.6. The van der Waals surface area contributed by atoms with Crippen LogP contribution in [-0.4, -0.2) is 48.8 Å². The van der Waals surface area contributed by atoms with Crippen molar-refractivity contribution in [1.29, 1.82) is 0 Å². The summed E-state index contributed by atoms with van der Waals surface area (Å²) in [7, 11) is -14.7. The quantitative estimate of drug-likeness (QED) is 0.0245. The number of benzene rings is 17. The molecule has 0 bridgehead atoms. The molecule has 0 saturated carbocycles. The van der Waals surface area contributed by atoms with Crippen LogP contribution in [0, 0.1) is 0 Å². The van der Waals surface area contributed by atoms with Crippen LogP contribution in [0.1, 0.15) is 0 Å². The topological polar surface area (TPSA) is 0 Å². The Kier molecular flexibility index (Phi) is 61.0. The fourth-order valence-corrected chi connectivity index (χ4v) is 45.4. The summed E-state index contributed by atoms with van der Waals surface area (Å²) >= 11 is 19.1. The van der Waals surface area contributed by atoms with Gasteiger partial charge in [-0.3, -0.25) is 0 Å². The number of hydrogen-bond acceptors (Lipinski definition) is 0. The van der Waals surface area contributed by atoms with E-state index in [2.05, 4.69) is 495 Å². The molecule has 0 fully saturated rings. The number of alkyl halides is 4. The Bertz CT molecular complexity index is 4460. The number of halogens is 12. The van der Waals surface area contributed by atoms with Gasteiger partial charge in [0.1, 0.15) is 148 Å². The van der Waals surface area contributed by atoms with Gasteiger partial charge in [-0.2, -0.15) is 0 Å². The standard InChI is InChI=1S/4C25H22P2.C6H5P.2CH2Cl2.2BF4.4Cu/c4*1-5-13-22(14-6-1)26(23-15-7-2-8-16-23)21-27(24-17-9-3-10-18-24)25-19-11-4-12-20-25;7-6-4-2-1-3-5-6;2*2-1-3;2*2-1(3,4)5;;;;/h4*1-20H,21H2;1-5H;2*1H2;;;;;;/q;;;;-2;;;2*-1;4*+1/p+8. The second kappa shape index (κ2) is 69.3. The normalized spacial score (nSPS) is 10.4. The van der Waals surface area contributed by atoms with E-state index in [1.807, 2.05) is 30.3 Å². The van der Waals surface area contributed by atoms with Crippen molar-refractivity contribution in [3.8, 4) is 0 Å². The van der Waals surface area contributed by atoms with Gasteiger partial charge < -0.3 is 49.1 Å². The van der Waals surface area contributed by atoms with E-state index in [0.29, 0.717) is 0 Å². The molecular formula is C108H105B2Cl4Cu4F8P9+8. The van der Waals surface area contributed by atoms with Gasteiger partial charge in [0.15, 0.2) is 23.6 Å². The molecule has 0 amide bonds. The predicted octanol–water partition coefficient (Wildman–Crippen LogP) is 25.9. The molecule has 0 heterocycles. The molecule has 0 N–H and O–H groups in total. The first-order valence-corrected chi connectivity index (χ1v) is 58.6. The van der Waals surface area contributed by atoms with Crippen molar-refractivity contribution >= 4 is 224 Å². The van der Waals surface area contributed by atoms with E-state index in [4.69, 9.17) is 46.4 Å². The van der Waals surface area contributed by atoms with Crippen molar-refractivity contribution in [1.82, 2.24) is 0 Å². The average molecular weight is 2250 g/mol. The summed E-state index contributed by atoms with van der Waals surface area (Å²) in [6.07, 6.45) is 0. The Morgan fingerprint density at radius 3 is 0.259 bits per heavy atom. The number of hydrogen-bond donors (Lipinski definition) is 0. The van der Waals surface area contributed by atoms with Gasteiger partial charge in [0.25, 0.3) is 0 Å². The summed E-state index contributed by atoms with van der Waals surface area (Å²) in [5, 5.41) is 25.5. The Morgan fingerprint density at radius 1 is 0.148 bits per heavy atom. The van der Waals surface area contributed by atoms with Crippen LogP contribution in [0.5, 0.6) is 0 Å². The van der Waals surface area contributed by atoms with Gasteiger partial charge in [-0.15, -0.1) is 58.5 Å². The van der Waals surface area contributed by atoms with Gasteiger partial charge >= 0.3 is 82.8 Å². The fourth-order valence-electron chi connectivity index (χ4n) is 14.3. The minimum atomic E-state index is -6.00. The Balaban J connectivity index is 0.000000291. The molecule has 0 atom stereocenters. The summed E-state index contributed by atoms with van der Waals surface area (Å²) in [4.78, 5) is 0. The first kappa shape index (κ1) is 119. The zero-order valence-electron chi connectivity index (χ0n) is 73.2. The van der Waals surface area contributed by atoms with Crippen LogP contribution in [-0.2, 0) is 68.3 Å². The average Bonchev–Trinajstić information content (AvgIpc) is 0.826. The molecule has 17 aromatic carbocycles. The molecule has 27 heteroatoms. The molecule has 0 aliphatic carbocycles. The SMILES string of the molecule is ClCCl.ClCCl.F[B-](F)(F)F.F[B-](F)(F)F.[Cu+].[Cu+].[Cu+].[Cu+].[P-2]c1ccccc1.c1ccc([PH+](C[PH+](c2ccccc2)c2ccccc2)c2ccccc2)cc1.c1ccc([PH+](C[PH+](c2ccccc2)c2ccccc2)c2ccccc2)cc1.c1ccc([PH+](C[PH+](c2ccccc2)c2ccccc2)c2ccccc2)cc1.c1ccc([PH+](C[PH+](c2ccccc2)c2ccccc2)c2ccccc2)cc1. The van der Waals surface area contributed by atoms with Gasteiger partial charge in [-0.05, 0) is 194 Å². The summed E-state index contributed by atoms with van der Waals surface area (Å²) in [5.74, 6) is 4.99. The minimum absolute atomic E-state index is 0. The van der Waals surface area contributed by atoms with Crippen molar-refractivity contribution in [2.45, 2.75) is 0 Å². The van der Waals surface area contributed by atoms with Crippen LogP contribution in [0.4, 0.5) is 34.5 Å². The predicted molar refractivity (Wildman–Crippen MR) is 590 cm³/mol. The molecule has 0 saturated heterocycles. The molecule has 17 aromatic rings. The van der Waals surface area contributed by atoms with Crippen LogP contribution in [0.3, 0.4) is 0 Å². The molecule has 0 nitrogen and oxygen atoms in total. The van der Waals surface area contributed by atoms with Gasteiger partial charge in [-0.1, -0.05) is 309 Å². The monoisotopic (exact) mass is 2250 g/mol. The van der Waals surface area contributed by atoms with E-state index in [-0.39, 0.29) is 79.0 Å². The Labute approximate surface area is 868 Å². The maximum absolute atomic E-state index is 9.75. The molecule has 0 aliphatic rings. The van der Waals surface area contributed by atoms with Crippen molar-refractivity contribution < 1.29 is 103 Å². The molecule has 0 spiro atoms.